The molecule has 0 radical (unpaired) electrons. The van der Waals surface area contributed by atoms with E-state index in [1.807, 2.05) is 18.9 Å². The molecule has 160 valence electrons. The van der Waals surface area contributed by atoms with Gasteiger partial charge in [-0.25, -0.2) is 13.6 Å². The van der Waals surface area contributed by atoms with E-state index in [9.17, 15) is 18.4 Å². The molecule has 0 bridgehead atoms. The van der Waals surface area contributed by atoms with Crippen molar-refractivity contribution in [2.45, 2.75) is 69.9 Å². The van der Waals surface area contributed by atoms with E-state index in [2.05, 4.69) is 5.32 Å². The van der Waals surface area contributed by atoms with Crippen LogP contribution in [0, 0.1) is 11.6 Å². The molecule has 0 aromatic heterocycles. The zero-order valence-electron chi connectivity index (χ0n) is 17.5. The van der Waals surface area contributed by atoms with Crippen LogP contribution in [0.15, 0.2) is 18.2 Å². The van der Waals surface area contributed by atoms with Crippen molar-refractivity contribution in [2.75, 3.05) is 20.1 Å². The summed E-state index contributed by atoms with van der Waals surface area (Å²) in [6.45, 7) is 4.98. The molecular weight excluding hydrogens is 376 g/mol. The number of benzene rings is 1. The number of hydrogen-bond acceptors (Lipinski definition) is 2. The van der Waals surface area contributed by atoms with Crippen LogP contribution in [0.3, 0.4) is 0 Å². The summed E-state index contributed by atoms with van der Waals surface area (Å²) in [7, 11) is 1.81. The minimum Gasteiger partial charge on any atom is -0.343 e. The van der Waals surface area contributed by atoms with Gasteiger partial charge in [-0.1, -0.05) is 6.92 Å². The zero-order valence-corrected chi connectivity index (χ0v) is 17.5. The van der Waals surface area contributed by atoms with Crippen LogP contribution in [0.5, 0.6) is 0 Å². The van der Waals surface area contributed by atoms with Gasteiger partial charge in [0.2, 0.25) is 5.91 Å². The molecule has 1 heterocycles. The van der Waals surface area contributed by atoms with Gasteiger partial charge in [0.25, 0.3) is 0 Å². The third kappa shape index (κ3) is 5.06. The summed E-state index contributed by atoms with van der Waals surface area (Å²) in [6.07, 6.45) is 4.66. The first kappa shape index (κ1) is 21.5. The number of carbonyl (C=O) groups excluding carboxylic acids is 2. The lowest BCUT2D eigenvalue weighted by Crippen LogP contribution is -2.52. The fourth-order valence-corrected chi connectivity index (χ4v) is 4.60. The molecule has 1 aliphatic carbocycles. The Balaban J connectivity index is 1.51. The van der Waals surface area contributed by atoms with Crippen LogP contribution < -0.4 is 5.32 Å². The van der Waals surface area contributed by atoms with Gasteiger partial charge >= 0.3 is 6.03 Å². The Morgan fingerprint density at radius 1 is 1.07 bits per heavy atom. The molecule has 1 saturated heterocycles. The first-order valence-electron chi connectivity index (χ1n) is 10.4. The maximum atomic E-state index is 13.6. The number of likely N-dealkylation sites (tertiary alicyclic amines) is 1. The van der Waals surface area contributed by atoms with Crippen LogP contribution in [0.4, 0.5) is 13.6 Å². The molecule has 5 nitrogen and oxygen atoms in total. The quantitative estimate of drug-likeness (QED) is 0.828. The Morgan fingerprint density at radius 3 is 2.14 bits per heavy atom. The Morgan fingerprint density at radius 2 is 1.62 bits per heavy atom. The number of nitrogens with one attached hydrogen (secondary N) is 1. The van der Waals surface area contributed by atoms with E-state index < -0.39 is 11.6 Å². The van der Waals surface area contributed by atoms with E-state index in [4.69, 9.17) is 0 Å². The molecule has 3 rings (SSSR count). The minimum atomic E-state index is -0.547. The zero-order chi connectivity index (χ0) is 21.2. The van der Waals surface area contributed by atoms with Gasteiger partial charge in [-0.15, -0.1) is 0 Å². The van der Waals surface area contributed by atoms with Gasteiger partial charge in [0.1, 0.15) is 11.6 Å². The largest absolute Gasteiger partial charge is 0.343 e. The first-order valence-corrected chi connectivity index (χ1v) is 10.4. The summed E-state index contributed by atoms with van der Waals surface area (Å²) in [6, 6.07) is 3.85. The predicted molar refractivity (Wildman–Crippen MR) is 108 cm³/mol. The number of hydrogen-bond donors (Lipinski definition) is 1. The van der Waals surface area contributed by atoms with E-state index in [1.165, 1.54) is 12.1 Å². The number of amides is 3. The van der Waals surface area contributed by atoms with Gasteiger partial charge < -0.3 is 15.1 Å². The second-order valence-corrected chi connectivity index (χ2v) is 8.79. The predicted octanol–water partition coefficient (Wildman–Crippen LogP) is 3.82. The van der Waals surface area contributed by atoms with Crippen molar-refractivity contribution in [2.24, 2.45) is 0 Å². The molecule has 3 amide bonds. The maximum Gasteiger partial charge on any atom is 0.317 e. The van der Waals surface area contributed by atoms with Crippen LogP contribution in [0.1, 0.15) is 57.9 Å². The third-order valence-electron chi connectivity index (χ3n) is 6.75. The topological polar surface area (TPSA) is 52.7 Å². The monoisotopic (exact) mass is 407 g/mol. The number of rotatable bonds is 3. The molecule has 2 aliphatic rings. The minimum absolute atomic E-state index is 0.0636. The van der Waals surface area contributed by atoms with E-state index in [-0.39, 0.29) is 29.4 Å². The number of carbonyl (C=O) groups is 2. The third-order valence-corrected chi connectivity index (χ3v) is 6.75. The van der Waals surface area contributed by atoms with Crippen LogP contribution in [-0.2, 0) is 10.2 Å². The van der Waals surface area contributed by atoms with Crippen LogP contribution in [0.2, 0.25) is 0 Å². The molecule has 1 N–H and O–H groups in total. The molecule has 1 saturated carbocycles. The van der Waals surface area contributed by atoms with Crippen molar-refractivity contribution in [3.63, 3.8) is 0 Å². The molecule has 1 aromatic rings. The van der Waals surface area contributed by atoms with Crippen molar-refractivity contribution in [3.8, 4) is 0 Å². The lowest BCUT2D eigenvalue weighted by atomic mass is 9.69. The SMILES string of the molecule is CC(=O)N1CCC(N(C)C(=O)N[C@H]2CC[C@@](C)(c3cc(F)cc(F)c3)CC2)CC1. The summed E-state index contributed by atoms with van der Waals surface area (Å²) in [5.41, 5.74) is 0.407. The molecule has 0 spiro atoms. The molecule has 1 aliphatic heterocycles. The van der Waals surface area contributed by atoms with E-state index in [0.29, 0.717) is 18.7 Å². The van der Waals surface area contributed by atoms with Crippen molar-refractivity contribution in [3.05, 3.63) is 35.4 Å². The Bertz CT molecular complexity index is 734. The number of halogens is 2. The van der Waals surface area contributed by atoms with E-state index in [1.54, 1.807) is 11.8 Å². The molecule has 0 unspecified atom stereocenters. The van der Waals surface area contributed by atoms with Crippen molar-refractivity contribution in [1.29, 1.82) is 0 Å². The van der Waals surface area contributed by atoms with Crippen LogP contribution in [-0.4, -0.2) is 54.0 Å². The smallest absolute Gasteiger partial charge is 0.317 e. The average Bonchev–Trinajstić information content (AvgIpc) is 2.68. The molecular formula is C22H31F2N3O2. The maximum absolute atomic E-state index is 13.6. The van der Waals surface area contributed by atoms with Gasteiger partial charge in [-0.05, 0) is 61.6 Å². The average molecular weight is 408 g/mol. The summed E-state index contributed by atoms with van der Waals surface area (Å²) < 4.78 is 27.2. The summed E-state index contributed by atoms with van der Waals surface area (Å²) >= 11 is 0. The standard InChI is InChI=1S/C22H31F2N3O2/c1-15(28)27-10-6-20(7-11-27)26(3)21(29)25-19-4-8-22(2,9-5-19)16-12-17(23)14-18(24)13-16/h12-14,19-20H,4-11H2,1-3H3,(H,25,29)/t19-,22+. The molecule has 1 aromatic carbocycles. The highest BCUT2D eigenvalue weighted by Crippen LogP contribution is 2.39. The first-order chi connectivity index (χ1) is 13.7. The Hall–Kier alpha value is -2.18. The van der Waals surface area contributed by atoms with Gasteiger partial charge in [-0.2, -0.15) is 0 Å². The number of piperidine rings is 1. The number of nitrogens with zero attached hydrogens (tertiary/aromatic N) is 2. The normalized spacial score (nSPS) is 25.6. The highest BCUT2D eigenvalue weighted by molar-refractivity contribution is 5.75. The molecule has 2 fully saturated rings. The van der Waals surface area contributed by atoms with Crippen molar-refractivity contribution < 1.29 is 18.4 Å². The summed E-state index contributed by atoms with van der Waals surface area (Å²) in [4.78, 5) is 27.7. The van der Waals surface area contributed by atoms with Gasteiger partial charge in [0.15, 0.2) is 0 Å². The van der Waals surface area contributed by atoms with E-state index >= 15 is 0 Å². The fraction of sp³-hybridized carbons (Fsp3) is 0.636. The van der Waals surface area contributed by atoms with Crippen molar-refractivity contribution in [1.82, 2.24) is 15.1 Å². The lowest BCUT2D eigenvalue weighted by molar-refractivity contribution is -0.130. The fourth-order valence-electron chi connectivity index (χ4n) is 4.60. The lowest BCUT2D eigenvalue weighted by Gasteiger charge is -2.40. The van der Waals surface area contributed by atoms with E-state index in [0.717, 1.165) is 44.6 Å². The second-order valence-electron chi connectivity index (χ2n) is 8.79. The molecule has 0 atom stereocenters. The Kier molecular flexibility index (Phi) is 6.44. The van der Waals surface area contributed by atoms with Gasteiger partial charge in [0, 0.05) is 45.2 Å². The summed E-state index contributed by atoms with van der Waals surface area (Å²) in [5.74, 6) is -1.01. The Labute approximate surface area is 171 Å². The van der Waals surface area contributed by atoms with Crippen LogP contribution >= 0.6 is 0 Å². The van der Waals surface area contributed by atoms with Crippen LogP contribution in [0.25, 0.3) is 0 Å². The van der Waals surface area contributed by atoms with Gasteiger partial charge in [0.05, 0.1) is 0 Å². The highest BCUT2D eigenvalue weighted by atomic mass is 19.1. The highest BCUT2D eigenvalue weighted by Gasteiger charge is 2.35. The van der Waals surface area contributed by atoms with Gasteiger partial charge in [-0.3, -0.25) is 4.79 Å². The molecule has 7 heteroatoms. The number of urea groups is 1. The molecule has 29 heavy (non-hydrogen) atoms. The van der Waals surface area contributed by atoms with Crippen molar-refractivity contribution >= 4 is 11.9 Å². The summed E-state index contributed by atoms with van der Waals surface area (Å²) in [5, 5.41) is 3.12. The second kappa shape index (κ2) is 8.67.